The molecule has 5 nitrogen and oxygen atoms in total. The van der Waals surface area contributed by atoms with Gasteiger partial charge in [0.2, 0.25) is 0 Å². The largest absolute Gasteiger partial charge is 0.484 e. The zero-order valence-electron chi connectivity index (χ0n) is 14.1. The molecule has 0 saturated heterocycles. The van der Waals surface area contributed by atoms with Crippen molar-refractivity contribution in [2.45, 2.75) is 26.5 Å². The number of carbonyl (C=O) groups is 1. The molecule has 5 heteroatoms. The predicted molar refractivity (Wildman–Crippen MR) is 95.1 cm³/mol. The van der Waals surface area contributed by atoms with Gasteiger partial charge in [0.05, 0.1) is 6.10 Å². The molecule has 0 aliphatic rings. The van der Waals surface area contributed by atoms with Crippen LogP contribution >= 0.6 is 0 Å². The van der Waals surface area contributed by atoms with Crippen LogP contribution in [-0.4, -0.2) is 30.3 Å². The van der Waals surface area contributed by atoms with Gasteiger partial charge in [-0.3, -0.25) is 4.79 Å². The number of amides is 1. The SMILES string of the molecule is Cc1ccc(NC(=O)COc2ccc(CNCC(C)O)cc2)cc1. The molecule has 2 rings (SSSR count). The first-order chi connectivity index (χ1) is 11.5. The van der Waals surface area contributed by atoms with Gasteiger partial charge in [0, 0.05) is 18.8 Å². The molecule has 2 aromatic carbocycles. The van der Waals surface area contributed by atoms with Gasteiger partial charge in [-0.2, -0.15) is 0 Å². The highest BCUT2D eigenvalue weighted by Gasteiger charge is 2.04. The van der Waals surface area contributed by atoms with Crippen LogP contribution in [0, 0.1) is 6.92 Å². The molecule has 0 bridgehead atoms. The summed E-state index contributed by atoms with van der Waals surface area (Å²) in [6.07, 6.45) is -0.361. The third-order valence-corrected chi connectivity index (χ3v) is 3.40. The highest BCUT2D eigenvalue weighted by molar-refractivity contribution is 5.91. The lowest BCUT2D eigenvalue weighted by Gasteiger charge is -2.09. The van der Waals surface area contributed by atoms with E-state index in [0.717, 1.165) is 16.8 Å². The lowest BCUT2D eigenvalue weighted by atomic mass is 10.2. The number of benzene rings is 2. The van der Waals surface area contributed by atoms with E-state index < -0.39 is 0 Å². The zero-order chi connectivity index (χ0) is 17.4. The van der Waals surface area contributed by atoms with Crippen LogP contribution in [0.25, 0.3) is 0 Å². The quantitative estimate of drug-likeness (QED) is 0.696. The zero-order valence-corrected chi connectivity index (χ0v) is 14.1. The minimum absolute atomic E-state index is 0.0342. The Labute approximate surface area is 142 Å². The van der Waals surface area contributed by atoms with E-state index in [9.17, 15) is 9.90 Å². The van der Waals surface area contributed by atoms with Crippen molar-refractivity contribution in [1.82, 2.24) is 5.32 Å². The maximum atomic E-state index is 11.9. The van der Waals surface area contributed by atoms with E-state index in [1.807, 2.05) is 55.5 Å². The number of rotatable bonds is 8. The monoisotopic (exact) mass is 328 g/mol. The minimum atomic E-state index is -0.361. The number of aryl methyl sites for hydroxylation is 1. The average Bonchev–Trinajstić information content (AvgIpc) is 2.56. The summed E-state index contributed by atoms with van der Waals surface area (Å²) in [6, 6.07) is 15.1. The van der Waals surface area contributed by atoms with Crippen LogP contribution in [0.15, 0.2) is 48.5 Å². The van der Waals surface area contributed by atoms with Gasteiger partial charge in [-0.25, -0.2) is 0 Å². The van der Waals surface area contributed by atoms with Gasteiger partial charge in [0.25, 0.3) is 5.91 Å². The van der Waals surface area contributed by atoms with E-state index in [1.54, 1.807) is 6.92 Å². The van der Waals surface area contributed by atoms with Gasteiger partial charge >= 0.3 is 0 Å². The van der Waals surface area contributed by atoms with E-state index in [1.165, 1.54) is 0 Å². The molecule has 1 unspecified atom stereocenters. The number of hydrogen-bond acceptors (Lipinski definition) is 4. The highest BCUT2D eigenvalue weighted by atomic mass is 16.5. The Morgan fingerprint density at radius 1 is 1.12 bits per heavy atom. The van der Waals surface area contributed by atoms with Crippen LogP contribution in [0.5, 0.6) is 5.75 Å². The minimum Gasteiger partial charge on any atom is -0.484 e. The van der Waals surface area contributed by atoms with Gasteiger partial charge in [-0.1, -0.05) is 29.8 Å². The number of anilines is 1. The number of carbonyl (C=O) groups excluding carboxylic acids is 1. The molecule has 1 atom stereocenters. The lowest BCUT2D eigenvalue weighted by Crippen LogP contribution is -2.23. The first kappa shape index (κ1) is 18.0. The molecular weight excluding hydrogens is 304 g/mol. The molecule has 0 saturated carbocycles. The summed E-state index contributed by atoms with van der Waals surface area (Å²) in [4.78, 5) is 11.9. The summed E-state index contributed by atoms with van der Waals surface area (Å²) in [5.74, 6) is 0.454. The molecule has 0 radical (unpaired) electrons. The van der Waals surface area contributed by atoms with E-state index in [2.05, 4.69) is 10.6 Å². The predicted octanol–water partition coefficient (Wildman–Crippen LogP) is 2.48. The molecule has 0 heterocycles. The van der Waals surface area contributed by atoms with Crippen LogP contribution in [0.1, 0.15) is 18.1 Å². The molecule has 2 aromatic rings. The standard InChI is InChI=1S/C19H24N2O3/c1-14-3-7-17(8-4-14)21-19(23)13-24-18-9-5-16(6-10-18)12-20-11-15(2)22/h3-10,15,20,22H,11-13H2,1-2H3,(H,21,23). The van der Waals surface area contributed by atoms with Crippen molar-refractivity contribution < 1.29 is 14.6 Å². The average molecular weight is 328 g/mol. The smallest absolute Gasteiger partial charge is 0.262 e. The van der Waals surface area contributed by atoms with Crippen molar-refractivity contribution in [1.29, 1.82) is 0 Å². The Hall–Kier alpha value is -2.37. The molecule has 0 aliphatic heterocycles. The Balaban J connectivity index is 1.75. The molecular formula is C19H24N2O3. The number of ether oxygens (including phenoxy) is 1. The summed E-state index contributed by atoms with van der Waals surface area (Å²) in [5.41, 5.74) is 2.99. The third-order valence-electron chi connectivity index (χ3n) is 3.40. The highest BCUT2D eigenvalue weighted by Crippen LogP contribution is 2.13. The first-order valence-electron chi connectivity index (χ1n) is 8.00. The van der Waals surface area contributed by atoms with E-state index in [-0.39, 0.29) is 18.6 Å². The topological polar surface area (TPSA) is 70.6 Å². The number of aliphatic hydroxyl groups is 1. The molecule has 0 aliphatic carbocycles. The van der Waals surface area contributed by atoms with Crippen LogP contribution in [-0.2, 0) is 11.3 Å². The second kappa shape index (κ2) is 9.05. The van der Waals surface area contributed by atoms with Crippen molar-refractivity contribution in [3.63, 3.8) is 0 Å². The number of hydrogen-bond donors (Lipinski definition) is 3. The Morgan fingerprint density at radius 2 is 1.79 bits per heavy atom. The van der Waals surface area contributed by atoms with Crippen molar-refractivity contribution in [3.05, 3.63) is 59.7 Å². The maximum absolute atomic E-state index is 11.9. The fourth-order valence-corrected chi connectivity index (χ4v) is 2.11. The third kappa shape index (κ3) is 6.40. The number of nitrogens with one attached hydrogen (secondary N) is 2. The van der Waals surface area contributed by atoms with Gasteiger partial charge in [-0.15, -0.1) is 0 Å². The van der Waals surface area contributed by atoms with E-state index >= 15 is 0 Å². The molecule has 128 valence electrons. The second-order valence-electron chi connectivity index (χ2n) is 5.83. The molecule has 1 amide bonds. The van der Waals surface area contributed by atoms with Crippen LogP contribution in [0.2, 0.25) is 0 Å². The number of aliphatic hydroxyl groups excluding tert-OH is 1. The molecule has 0 aromatic heterocycles. The first-order valence-corrected chi connectivity index (χ1v) is 8.00. The summed E-state index contributed by atoms with van der Waals surface area (Å²) >= 11 is 0. The van der Waals surface area contributed by atoms with Gasteiger partial charge < -0.3 is 20.5 Å². The van der Waals surface area contributed by atoms with Crippen molar-refractivity contribution in [2.75, 3.05) is 18.5 Å². The Bertz CT molecular complexity index is 637. The van der Waals surface area contributed by atoms with Crippen molar-refractivity contribution >= 4 is 11.6 Å². The van der Waals surface area contributed by atoms with E-state index in [0.29, 0.717) is 18.8 Å². The summed E-state index contributed by atoms with van der Waals surface area (Å²) in [5, 5.41) is 15.1. The maximum Gasteiger partial charge on any atom is 0.262 e. The van der Waals surface area contributed by atoms with E-state index in [4.69, 9.17) is 4.74 Å². The van der Waals surface area contributed by atoms with Crippen LogP contribution in [0.4, 0.5) is 5.69 Å². The normalized spacial score (nSPS) is 11.8. The fraction of sp³-hybridized carbons (Fsp3) is 0.316. The van der Waals surface area contributed by atoms with Gasteiger partial charge in [0.1, 0.15) is 5.75 Å². The molecule has 24 heavy (non-hydrogen) atoms. The van der Waals surface area contributed by atoms with Crippen LogP contribution in [0.3, 0.4) is 0 Å². The summed E-state index contributed by atoms with van der Waals surface area (Å²) in [6.45, 7) is 4.94. The van der Waals surface area contributed by atoms with Gasteiger partial charge in [0.15, 0.2) is 6.61 Å². The van der Waals surface area contributed by atoms with Gasteiger partial charge in [-0.05, 0) is 43.7 Å². The molecule has 0 fully saturated rings. The lowest BCUT2D eigenvalue weighted by molar-refractivity contribution is -0.118. The molecule has 0 spiro atoms. The summed E-state index contributed by atoms with van der Waals surface area (Å²) in [7, 11) is 0. The molecule has 3 N–H and O–H groups in total. The Morgan fingerprint density at radius 3 is 2.42 bits per heavy atom. The van der Waals surface area contributed by atoms with Crippen molar-refractivity contribution in [3.8, 4) is 5.75 Å². The van der Waals surface area contributed by atoms with Crippen LogP contribution < -0.4 is 15.4 Å². The Kier molecular flexibility index (Phi) is 6.78. The summed E-state index contributed by atoms with van der Waals surface area (Å²) < 4.78 is 5.49. The second-order valence-corrected chi connectivity index (χ2v) is 5.83. The fourth-order valence-electron chi connectivity index (χ4n) is 2.11. The van der Waals surface area contributed by atoms with Crippen molar-refractivity contribution in [2.24, 2.45) is 0 Å².